The third-order valence-corrected chi connectivity index (χ3v) is 4.49. The summed E-state index contributed by atoms with van der Waals surface area (Å²) in [7, 11) is 0. The van der Waals surface area contributed by atoms with E-state index in [9.17, 15) is 0 Å². The first kappa shape index (κ1) is 12.4. The second kappa shape index (κ2) is 7.58. The molecule has 1 nitrogen and oxygen atoms in total. The van der Waals surface area contributed by atoms with Gasteiger partial charge < -0.3 is 5.32 Å². The highest BCUT2D eigenvalue weighted by Gasteiger charge is 2.12. The summed E-state index contributed by atoms with van der Waals surface area (Å²) in [5.74, 6) is 3.63. The molecule has 1 heterocycles. The largest absolute Gasteiger partial charge is 0.314 e. The average molecular weight is 215 g/mol. The van der Waals surface area contributed by atoms with Crippen LogP contribution in [0.4, 0.5) is 0 Å². The summed E-state index contributed by atoms with van der Waals surface area (Å²) in [6.45, 7) is 5.89. The highest BCUT2D eigenvalue weighted by molar-refractivity contribution is 7.99. The van der Waals surface area contributed by atoms with Crippen molar-refractivity contribution < 1.29 is 0 Å². The van der Waals surface area contributed by atoms with Crippen LogP contribution in [-0.4, -0.2) is 24.1 Å². The van der Waals surface area contributed by atoms with Gasteiger partial charge >= 0.3 is 0 Å². The van der Waals surface area contributed by atoms with Crippen LogP contribution in [0.5, 0.6) is 0 Å². The maximum atomic E-state index is 3.56. The fourth-order valence-corrected chi connectivity index (χ4v) is 3.01. The lowest BCUT2D eigenvalue weighted by Gasteiger charge is -2.10. The fraction of sp³-hybridized carbons (Fsp3) is 1.00. The molecule has 1 fully saturated rings. The molecule has 0 aromatic heterocycles. The molecule has 0 aliphatic carbocycles. The van der Waals surface area contributed by atoms with Gasteiger partial charge in [-0.15, -0.1) is 0 Å². The molecule has 1 saturated heterocycles. The van der Waals surface area contributed by atoms with Crippen molar-refractivity contribution in [3.63, 3.8) is 0 Å². The van der Waals surface area contributed by atoms with Gasteiger partial charge in [-0.05, 0) is 49.7 Å². The predicted molar refractivity (Wildman–Crippen MR) is 67.0 cm³/mol. The lowest BCUT2D eigenvalue weighted by Crippen LogP contribution is -2.21. The monoisotopic (exact) mass is 215 g/mol. The molecule has 0 aromatic carbocycles. The molecule has 1 N–H and O–H groups in total. The highest BCUT2D eigenvalue weighted by atomic mass is 32.2. The van der Waals surface area contributed by atoms with Crippen molar-refractivity contribution in [2.45, 2.75) is 52.0 Å². The quantitative estimate of drug-likeness (QED) is 0.654. The van der Waals surface area contributed by atoms with E-state index in [0.717, 1.165) is 12.0 Å². The van der Waals surface area contributed by atoms with E-state index >= 15 is 0 Å². The van der Waals surface area contributed by atoms with Crippen LogP contribution in [0.3, 0.4) is 0 Å². The molecule has 0 radical (unpaired) electrons. The molecule has 1 aliphatic heterocycles. The second-order valence-electron chi connectivity index (χ2n) is 4.52. The number of hydrogen-bond acceptors (Lipinski definition) is 2. The van der Waals surface area contributed by atoms with E-state index in [-0.39, 0.29) is 0 Å². The Kier molecular flexibility index (Phi) is 6.70. The van der Waals surface area contributed by atoms with E-state index in [1.165, 1.54) is 50.2 Å². The molecule has 0 saturated carbocycles. The number of nitrogens with one attached hydrogen (secondary N) is 1. The Morgan fingerprint density at radius 2 is 2.36 bits per heavy atom. The molecule has 0 aromatic rings. The molecule has 0 spiro atoms. The summed E-state index contributed by atoms with van der Waals surface area (Å²) < 4.78 is 0. The highest BCUT2D eigenvalue weighted by Crippen LogP contribution is 2.16. The van der Waals surface area contributed by atoms with E-state index in [1.807, 2.05) is 0 Å². The van der Waals surface area contributed by atoms with Crippen molar-refractivity contribution in [2.75, 3.05) is 18.1 Å². The van der Waals surface area contributed by atoms with Crippen LogP contribution in [0, 0.1) is 5.92 Å². The maximum Gasteiger partial charge on any atom is 0.00678 e. The van der Waals surface area contributed by atoms with Gasteiger partial charge in [0.05, 0.1) is 0 Å². The summed E-state index contributed by atoms with van der Waals surface area (Å²) in [6, 6.07) is 0.846. The van der Waals surface area contributed by atoms with Crippen LogP contribution >= 0.6 is 11.8 Å². The van der Waals surface area contributed by atoms with Gasteiger partial charge in [0.1, 0.15) is 0 Å². The molecule has 2 heteroatoms. The summed E-state index contributed by atoms with van der Waals surface area (Å²) in [4.78, 5) is 0. The SMILES string of the molecule is CCC(C)CSCCCC1CCCN1. The molecule has 2 unspecified atom stereocenters. The van der Waals surface area contributed by atoms with Crippen molar-refractivity contribution in [1.82, 2.24) is 5.32 Å². The summed E-state index contributed by atoms with van der Waals surface area (Å²) in [5, 5.41) is 3.56. The Morgan fingerprint density at radius 3 is 3.00 bits per heavy atom. The fourth-order valence-electron chi connectivity index (χ4n) is 1.84. The second-order valence-corrected chi connectivity index (χ2v) is 5.67. The molecule has 2 atom stereocenters. The van der Waals surface area contributed by atoms with Crippen molar-refractivity contribution >= 4 is 11.8 Å². The van der Waals surface area contributed by atoms with E-state index in [0.29, 0.717) is 0 Å². The van der Waals surface area contributed by atoms with E-state index < -0.39 is 0 Å². The molecular weight excluding hydrogens is 190 g/mol. The van der Waals surface area contributed by atoms with Crippen LogP contribution in [0.25, 0.3) is 0 Å². The number of thioether (sulfide) groups is 1. The Balaban J connectivity index is 1.84. The molecule has 0 bridgehead atoms. The minimum atomic E-state index is 0.846. The average Bonchev–Trinajstić information content (AvgIpc) is 2.69. The normalized spacial score (nSPS) is 24.0. The van der Waals surface area contributed by atoms with Crippen molar-refractivity contribution in [3.05, 3.63) is 0 Å². The van der Waals surface area contributed by atoms with Gasteiger partial charge in [-0.3, -0.25) is 0 Å². The van der Waals surface area contributed by atoms with Gasteiger partial charge in [0, 0.05) is 6.04 Å². The maximum absolute atomic E-state index is 3.56. The van der Waals surface area contributed by atoms with Gasteiger partial charge in [0.15, 0.2) is 0 Å². The third kappa shape index (κ3) is 5.26. The summed E-state index contributed by atoms with van der Waals surface area (Å²) in [5.41, 5.74) is 0. The first-order chi connectivity index (χ1) is 6.83. The van der Waals surface area contributed by atoms with Crippen LogP contribution in [-0.2, 0) is 0 Å². The van der Waals surface area contributed by atoms with E-state index in [2.05, 4.69) is 30.9 Å². The number of hydrogen-bond donors (Lipinski definition) is 1. The Labute approximate surface area is 93.4 Å². The lowest BCUT2D eigenvalue weighted by molar-refractivity contribution is 0.553. The van der Waals surface area contributed by atoms with Gasteiger partial charge in [-0.2, -0.15) is 11.8 Å². The summed E-state index contributed by atoms with van der Waals surface area (Å²) >= 11 is 2.14. The van der Waals surface area contributed by atoms with Gasteiger partial charge in [-0.25, -0.2) is 0 Å². The zero-order valence-corrected chi connectivity index (χ0v) is 10.5. The van der Waals surface area contributed by atoms with Crippen molar-refractivity contribution in [3.8, 4) is 0 Å². The molecule has 1 rings (SSSR count). The molecular formula is C12H25NS. The molecule has 14 heavy (non-hydrogen) atoms. The van der Waals surface area contributed by atoms with Crippen LogP contribution < -0.4 is 5.32 Å². The standard InChI is InChI=1S/C12H25NS/c1-3-11(2)10-14-9-5-7-12-6-4-8-13-12/h11-13H,3-10H2,1-2H3. The number of rotatable bonds is 7. The predicted octanol–water partition coefficient (Wildman–Crippen LogP) is 3.30. The summed E-state index contributed by atoms with van der Waals surface area (Å²) in [6.07, 6.45) is 6.93. The minimum Gasteiger partial charge on any atom is -0.314 e. The third-order valence-electron chi connectivity index (χ3n) is 3.10. The zero-order chi connectivity index (χ0) is 10.2. The molecule has 1 aliphatic rings. The van der Waals surface area contributed by atoms with Gasteiger partial charge in [-0.1, -0.05) is 20.3 Å². The van der Waals surface area contributed by atoms with Crippen molar-refractivity contribution in [2.24, 2.45) is 5.92 Å². The smallest absolute Gasteiger partial charge is 0.00678 e. The van der Waals surface area contributed by atoms with Crippen LogP contribution in [0.15, 0.2) is 0 Å². The van der Waals surface area contributed by atoms with E-state index in [1.54, 1.807) is 0 Å². The van der Waals surface area contributed by atoms with E-state index in [4.69, 9.17) is 0 Å². The Hall–Kier alpha value is 0.310. The zero-order valence-electron chi connectivity index (χ0n) is 9.72. The molecule has 84 valence electrons. The molecule has 0 amide bonds. The van der Waals surface area contributed by atoms with Crippen molar-refractivity contribution in [1.29, 1.82) is 0 Å². The topological polar surface area (TPSA) is 12.0 Å². The van der Waals surface area contributed by atoms with Gasteiger partial charge in [0.2, 0.25) is 0 Å². The first-order valence-corrected chi connectivity index (χ1v) is 7.29. The van der Waals surface area contributed by atoms with Crippen LogP contribution in [0.1, 0.15) is 46.0 Å². The Morgan fingerprint density at radius 1 is 1.50 bits per heavy atom. The van der Waals surface area contributed by atoms with Crippen LogP contribution in [0.2, 0.25) is 0 Å². The lowest BCUT2D eigenvalue weighted by atomic mass is 10.1. The first-order valence-electron chi connectivity index (χ1n) is 6.14. The Bertz CT molecular complexity index is 132. The minimum absolute atomic E-state index is 0.846. The van der Waals surface area contributed by atoms with Gasteiger partial charge in [0.25, 0.3) is 0 Å².